The van der Waals surface area contributed by atoms with Gasteiger partial charge in [-0.05, 0) is 72.1 Å². The van der Waals surface area contributed by atoms with E-state index < -0.39 is 0 Å². The highest BCUT2D eigenvalue weighted by Gasteiger charge is 2.45. The van der Waals surface area contributed by atoms with E-state index in [1.807, 2.05) is 0 Å². The molecule has 0 spiro atoms. The maximum absolute atomic E-state index is 2.47. The largest absolute Gasteiger partial charge is 0.0646 e. The van der Waals surface area contributed by atoms with Gasteiger partial charge in [0.15, 0.2) is 0 Å². The summed E-state index contributed by atoms with van der Waals surface area (Å²) in [5.74, 6) is 0.847. The first-order valence-corrected chi connectivity index (χ1v) is 11.4. The van der Waals surface area contributed by atoms with Gasteiger partial charge in [0.25, 0.3) is 0 Å². The molecule has 2 atom stereocenters. The van der Waals surface area contributed by atoms with Gasteiger partial charge in [0.2, 0.25) is 0 Å². The number of benzene rings is 3. The molecule has 0 saturated heterocycles. The average Bonchev–Trinajstić information content (AvgIpc) is 3.25. The molecule has 156 valence electrons. The van der Waals surface area contributed by atoms with Crippen LogP contribution in [0.2, 0.25) is 0 Å². The fraction of sp³-hybridized carbons (Fsp3) is 0.290. The molecule has 0 aromatic heterocycles. The first kappa shape index (κ1) is 20.1. The van der Waals surface area contributed by atoms with E-state index in [0.717, 1.165) is 0 Å². The topological polar surface area (TPSA) is 0 Å². The van der Waals surface area contributed by atoms with E-state index in [0.29, 0.717) is 11.8 Å². The van der Waals surface area contributed by atoms with Crippen LogP contribution in [0.3, 0.4) is 0 Å². The second-order valence-electron chi connectivity index (χ2n) is 10.2. The van der Waals surface area contributed by atoms with Crippen LogP contribution in [0.4, 0.5) is 0 Å². The predicted molar refractivity (Wildman–Crippen MR) is 134 cm³/mol. The van der Waals surface area contributed by atoms with Crippen LogP contribution < -0.4 is 0 Å². The minimum atomic E-state index is 0.0826. The van der Waals surface area contributed by atoms with Gasteiger partial charge in [0.1, 0.15) is 0 Å². The fourth-order valence-corrected chi connectivity index (χ4v) is 6.43. The molecule has 0 amide bonds. The van der Waals surface area contributed by atoms with Crippen molar-refractivity contribution in [1.82, 2.24) is 0 Å². The normalized spacial score (nSPS) is 19.7. The van der Waals surface area contributed by atoms with Crippen molar-refractivity contribution in [3.05, 3.63) is 105 Å². The van der Waals surface area contributed by atoms with Gasteiger partial charge >= 0.3 is 0 Å². The standard InChI is InChI=1S/C31H32/c1-19-14-15-20(2)27(16-19)25-12-9-13-26-28(25)18-22(4)30(26)31(5,6)29-21(3)17-23-10-7-8-11-24(23)29/h7-18,29-30H,1-6H3. The summed E-state index contributed by atoms with van der Waals surface area (Å²) in [6, 6.07) is 22.7. The van der Waals surface area contributed by atoms with Gasteiger partial charge in [-0.3, -0.25) is 0 Å². The van der Waals surface area contributed by atoms with Crippen molar-refractivity contribution in [1.29, 1.82) is 0 Å². The van der Waals surface area contributed by atoms with E-state index in [2.05, 4.69) is 114 Å². The lowest BCUT2D eigenvalue weighted by atomic mass is 9.62. The third-order valence-corrected chi connectivity index (χ3v) is 7.60. The molecule has 2 aliphatic carbocycles. The molecule has 0 nitrogen and oxygen atoms in total. The molecule has 3 aromatic rings. The van der Waals surface area contributed by atoms with E-state index in [1.165, 1.54) is 55.7 Å². The Kier molecular flexibility index (Phi) is 4.59. The van der Waals surface area contributed by atoms with Gasteiger partial charge in [0, 0.05) is 11.8 Å². The van der Waals surface area contributed by atoms with Crippen molar-refractivity contribution in [3.63, 3.8) is 0 Å². The van der Waals surface area contributed by atoms with Crippen molar-refractivity contribution in [2.24, 2.45) is 5.41 Å². The van der Waals surface area contributed by atoms with E-state index in [9.17, 15) is 0 Å². The fourth-order valence-electron chi connectivity index (χ4n) is 6.43. The third-order valence-electron chi connectivity index (χ3n) is 7.60. The Hall–Kier alpha value is -2.86. The molecule has 0 saturated carbocycles. The number of hydrogen-bond donors (Lipinski definition) is 0. The van der Waals surface area contributed by atoms with Crippen molar-refractivity contribution in [2.75, 3.05) is 0 Å². The van der Waals surface area contributed by atoms with Crippen LogP contribution in [0.25, 0.3) is 23.3 Å². The molecule has 0 heteroatoms. The molecule has 0 radical (unpaired) electrons. The van der Waals surface area contributed by atoms with Crippen LogP contribution in [0.5, 0.6) is 0 Å². The highest BCUT2D eigenvalue weighted by Crippen LogP contribution is 2.58. The van der Waals surface area contributed by atoms with Crippen LogP contribution in [0.1, 0.15) is 72.9 Å². The molecular weight excluding hydrogens is 372 g/mol. The summed E-state index contributed by atoms with van der Waals surface area (Å²) in [5, 5.41) is 0. The zero-order chi connectivity index (χ0) is 21.9. The molecule has 0 heterocycles. The monoisotopic (exact) mass is 404 g/mol. The maximum Gasteiger partial charge on any atom is 0.0115 e. The Balaban J connectivity index is 1.65. The maximum atomic E-state index is 2.47. The van der Waals surface area contributed by atoms with Gasteiger partial charge < -0.3 is 0 Å². The summed E-state index contributed by atoms with van der Waals surface area (Å²) in [7, 11) is 0. The Labute approximate surface area is 187 Å². The highest BCUT2D eigenvalue weighted by molar-refractivity contribution is 5.83. The second kappa shape index (κ2) is 7.09. The van der Waals surface area contributed by atoms with Crippen LogP contribution >= 0.6 is 0 Å². The van der Waals surface area contributed by atoms with Gasteiger partial charge in [-0.2, -0.15) is 0 Å². The smallest absolute Gasteiger partial charge is 0.0115 e. The van der Waals surface area contributed by atoms with Crippen LogP contribution in [-0.4, -0.2) is 0 Å². The molecule has 2 unspecified atom stereocenters. The Morgan fingerprint density at radius 1 is 0.645 bits per heavy atom. The number of aryl methyl sites for hydroxylation is 2. The molecule has 3 aromatic carbocycles. The first-order chi connectivity index (χ1) is 14.8. The second-order valence-corrected chi connectivity index (χ2v) is 10.2. The summed E-state index contributed by atoms with van der Waals surface area (Å²) in [4.78, 5) is 0. The van der Waals surface area contributed by atoms with Gasteiger partial charge in [0.05, 0.1) is 0 Å². The van der Waals surface area contributed by atoms with Crippen molar-refractivity contribution in [2.45, 2.75) is 53.4 Å². The highest BCUT2D eigenvalue weighted by atomic mass is 14.5. The molecule has 0 aliphatic heterocycles. The summed E-state index contributed by atoms with van der Waals surface area (Å²) in [5.41, 5.74) is 14.2. The minimum Gasteiger partial charge on any atom is -0.0646 e. The quantitative estimate of drug-likeness (QED) is 0.409. The predicted octanol–water partition coefficient (Wildman–Crippen LogP) is 8.70. The molecular formula is C31H32. The molecule has 31 heavy (non-hydrogen) atoms. The zero-order valence-corrected chi connectivity index (χ0v) is 19.6. The summed E-state index contributed by atoms with van der Waals surface area (Å²) < 4.78 is 0. The van der Waals surface area contributed by atoms with Crippen LogP contribution in [-0.2, 0) is 0 Å². The molecule has 0 N–H and O–H groups in total. The van der Waals surface area contributed by atoms with Crippen LogP contribution in [0, 0.1) is 19.3 Å². The lowest BCUT2D eigenvalue weighted by molar-refractivity contribution is 0.275. The number of allylic oxidation sites excluding steroid dienone is 2. The lowest BCUT2D eigenvalue weighted by Crippen LogP contribution is -2.29. The van der Waals surface area contributed by atoms with Gasteiger partial charge in [-0.1, -0.05) is 103 Å². The first-order valence-electron chi connectivity index (χ1n) is 11.4. The van der Waals surface area contributed by atoms with Crippen LogP contribution in [0.15, 0.2) is 71.8 Å². The Bertz CT molecular complexity index is 1250. The Morgan fingerprint density at radius 3 is 2.13 bits per heavy atom. The average molecular weight is 405 g/mol. The number of hydrogen-bond acceptors (Lipinski definition) is 0. The van der Waals surface area contributed by atoms with E-state index in [1.54, 1.807) is 0 Å². The van der Waals surface area contributed by atoms with E-state index in [-0.39, 0.29) is 5.41 Å². The van der Waals surface area contributed by atoms with Gasteiger partial charge in [-0.15, -0.1) is 0 Å². The van der Waals surface area contributed by atoms with Gasteiger partial charge in [-0.25, -0.2) is 0 Å². The molecule has 0 fully saturated rings. The summed E-state index contributed by atoms with van der Waals surface area (Å²) in [6.45, 7) is 14.0. The van der Waals surface area contributed by atoms with E-state index in [4.69, 9.17) is 0 Å². The number of fused-ring (bicyclic) bond motifs is 2. The Morgan fingerprint density at radius 2 is 1.32 bits per heavy atom. The van der Waals surface area contributed by atoms with E-state index >= 15 is 0 Å². The number of rotatable bonds is 3. The SMILES string of the molecule is CC1=Cc2ccccc2C1C(C)(C)C1C(C)=Cc2c(-c3cc(C)ccc3C)cccc21. The van der Waals surface area contributed by atoms with Crippen molar-refractivity contribution in [3.8, 4) is 11.1 Å². The molecule has 0 bridgehead atoms. The summed E-state index contributed by atoms with van der Waals surface area (Å²) >= 11 is 0. The van der Waals surface area contributed by atoms with Crippen molar-refractivity contribution < 1.29 is 0 Å². The zero-order valence-electron chi connectivity index (χ0n) is 19.6. The summed E-state index contributed by atoms with van der Waals surface area (Å²) in [6.07, 6.45) is 4.85. The molecule has 5 rings (SSSR count). The molecule has 2 aliphatic rings. The lowest BCUT2D eigenvalue weighted by Gasteiger charge is -2.41. The van der Waals surface area contributed by atoms with Crippen molar-refractivity contribution >= 4 is 12.2 Å². The minimum absolute atomic E-state index is 0.0826. The third kappa shape index (κ3) is 3.04.